The molecule has 1 fully saturated rings. The predicted molar refractivity (Wildman–Crippen MR) is 140 cm³/mol. The maximum atomic E-state index is 10.2. The van der Waals surface area contributed by atoms with Gasteiger partial charge in [-0.25, -0.2) is 0 Å². The normalized spacial score (nSPS) is 16.4. The molecule has 4 atom stereocenters. The summed E-state index contributed by atoms with van der Waals surface area (Å²) in [5.41, 5.74) is 25.7. The monoisotopic (exact) mass is 537 g/mol. The topological polar surface area (TPSA) is 304 Å². The molecule has 3 unspecified atom stereocenters. The number of nitrogens with zero attached hydrogens (tertiary/aromatic N) is 1. The first-order valence-corrected chi connectivity index (χ1v) is 11.9. The van der Waals surface area contributed by atoms with Gasteiger partial charge in [-0.15, -0.1) is 0 Å². The zero-order valence-corrected chi connectivity index (χ0v) is 22.2. The largest absolute Gasteiger partial charge is 0.480 e. The summed E-state index contributed by atoms with van der Waals surface area (Å²) in [6.07, 6.45) is 3.29. The van der Waals surface area contributed by atoms with Crippen LogP contribution in [0.3, 0.4) is 0 Å². The fraction of sp³-hybridized carbons (Fsp3) is 0.773. The van der Waals surface area contributed by atoms with Crippen molar-refractivity contribution in [1.82, 2.24) is 5.32 Å². The summed E-state index contributed by atoms with van der Waals surface area (Å²) in [6, 6.07) is -2.49. The molecule has 0 amide bonds. The fourth-order valence-electron chi connectivity index (χ4n) is 2.43. The van der Waals surface area contributed by atoms with E-state index in [1.54, 1.807) is 13.8 Å². The van der Waals surface area contributed by atoms with E-state index in [-0.39, 0.29) is 17.9 Å². The molecule has 0 bridgehead atoms. The van der Waals surface area contributed by atoms with E-state index >= 15 is 0 Å². The van der Waals surface area contributed by atoms with E-state index in [1.165, 1.54) is 0 Å². The van der Waals surface area contributed by atoms with Crippen LogP contribution in [0.1, 0.15) is 59.8 Å². The summed E-state index contributed by atoms with van der Waals surface area (Å²) in [4.78, 5) is 44.2. The van der Waals surface area contributed by atoms with Gasteiger partial charge in [-0.1, -0.05) is 27.7 Å². The van der Waals surface area contributed by atoms with Crippen molar-refractivity contribution in [2.24, 2.45) is 45.5 Å². The quantitative estimate of drug-likeness (QED) is 0.0838. The molecule has 37 heavy (non-hydrogen) atoms. The lowest BCUT2D eigenvalue weighted by Crippen LogP contribution is -2.34. The molecule has 0 aromatic carbocycles. The summed E-state index contributed by atoms with van der Waals surface area (Å²) in [6.45, 7) is 8.73. The molecule has 0 saturated carbocycles. The van der Waals surface area contributed by atoms with Gasteiger partial charge in [0.15, 0.2) is 5.96 Å². The van der Waals surface area contributed by atoms with E-state index in [0.717, 1.165) is 19.4 Å². The molecule has 218 valence electrons. The van der Waals surface area contributed by atoms with Crippen molar-refractivity contribution in [1.29, 1.82) is 0 Å². The Balaban J connectivity index is -0.000000423. The van der Waals surface area contributed by atoms with Crippen molar-refractivity contribution in [2.75, 3.05) is 13.1 Å². The molecule has 1 aliphatic heterocycles. The lowest BCUT2D eigenvalue weighted by molar-refractivity contribution is -0.140. The Morgan fingerprint density at radius 2 is 1.41 bits per heavy atom. The average molecular weight is 538 g/mol. The second-order valence-corrected chi connectivity index (χ2v) is 9.06. The van der Waals surface area contributed by atoms with E-state index in [4.69, 9.17) is 49.1 Å². The minimum Gasteiger partial charge on any atom is -0.480 e. The highest BCUT2D eigenvalue weighted by atomic mass is 16.4. The Labute approximate surface area is 217 Å². The fourth-order valence-corrected chi connectivity index (χ4v) is 2.43. The summed E-state index contributed by atoms with van der Waals surface area (Å²) in [5, 5.41) is 36.1. The van der Waals surface area contributed by atoms with Crippen molar-refractivity contribution in [3.8, 4) is 0 Å². The molecule has 0 radical (unpaired) electrons. The number of guanidine groups is 1. The number of carboxylic acids is 4. The van der Waals surface area contributed by atoms with Gasteiger partial charge in [-0.05, 0) is 50.5 Å². The van der Waals surface area contributed by atoms with Gasteiger partial charge < -0.3 is 54.4 Å². The van der Waals surface area contributed by atoms with E-state index in [1.807, 2.05) is 13.8 Å². The van der Waals surface area contributed by atoms with E-state index in [2.05, 4.69) is 10.3 Å². The minimum absolute atomic E-state index is 0.0129. The second-order valence-electron chi connectivity index (χ2n) is 9.06. The summed E-state index contributed by atoms with van der Waals surface area (Å²) < 4.78 is 0. The van der Waals surface area contributed by atoms with Crippen LogP contribution in [-0.4, -0.2) is 87.5 Å². The Morgan fingerprint density at radius 1 is 0.892 bits per heavy atom. The van der Waals surface area contributed by atoms with Crippen LogP contribution in [0.2, 0.25) is 0 Å². The molecule has 15 nitrogen and oxygen atoms in total. The van der Waals surface area contributed by atoms with Crippen LogP contribution >= 0.6 is 0 Å². The Morgan fingerprint density at radius 3 is 1.62 bits per heavy atom. The minimum atomic E-state index is -1.00. The molecule has 0 spiro atoms. The third kappa shape index (κ3) is 25.9. The average Bonchev–Trinajstić information content (AvgIpc) is 3.32. The number of carbonyl (C=O) groups is 4. The molecule has 0 aliphatic carbocycles. The number of hydrogen-bond donors (Lipinski definition) is 10. The number of carboxylic acid groups (broad SMARTS) is 4. The van der Waals surface area contributed by atoms with Gasteiger partial charge in [0.2, 0.25) is 0 Å². The standard InChI is InChI=1S/C6H14N4O2.C6H13NO2.C5H9NO2.C5H11NO2/c7-4(5(11)12)2-1-3-10-6(8)9;1-4(2)3-5(7)6(8)9;7-5(8)4-2-1-3-6-4;1-3(2)4(6)5(7)8/h4H,1-3,7H2,(H,11,12)(H4,8,9,10);4-5H,3,7H2,1-2H3,(H,8,9);4,6H,1-3H2,(H,7,8);3-4H,6H2,1-2H3,(H,7,8)/t;;4-;/m..0./s1. The highest BCUT2D eigenvalue weighted by Crippen LogP contribution is 2.03. The maximum Gasteiger partial charge on any atom is 0.320 e. The van der Waals surface area contributed by atoms with Crippen molar-refractivity contribution in [3.05, 3.63) is 0 Å². The van der Waals surface area contributed by atoms with Gasteiger partial charge in [-0.2, -0.15) is 0 Å². The summed E-state index contributed by atoms with van der Waals surface area (Å²) >= 11 is 0. The zero-order valence-electron chi connectivity index (χ0n) is 22.2. The number of aliphatic carboxylic acids is 4. The first kappa shape index (κ1) is 38.5. The lowest BCUT2D eigenvalue weighted by Gasteiger charge is -2.07. The van der Waals surface area contributed by atoms with Crippen LogP contribution in [0.4, 0.5) is 0 Å². The van der Waals surface area contributed by atoms with Gasteiger partial charge in [0.25, 0.3) is 0 Å². The molecule has 15 N–H and O–H groups in total. The SMILES string of the molecule is CC(C)C(N)C(=O)O.CC(C)CC(N)C(=O)O.NC(N)=NCCCC(N)C(=O)O.O=C(O)[C@@H]1CCCN1. The van der Waals surface area contributed by atoms with Gasteiger partial charge >= 0.3 is 23.9 Å². The third-order valence-electron chi connectivity index (χ3n) is 4.69. The molecule has 0 aromatic heterocycles. The van der Waals surface area contributed by atoms with Crippen molar-refractivity contribution >= 4 is 29.8 Å². The van der Waals surface area contributed by atoms with Gasteiger partial charge in [-0.3, -0.25) is 24.2 Å². The molecule has 0 aromatic rings. The van der Waals surface area contributed by atoms with E-state index < -0.39 is 42.0 Å². The number of hydrogen-bond acceptors (Lipinski definition) is 9. The molecule has 15 heteroatoms. The first-order chi connectivity index (χ1) is 16.9. The van der Waals surface area contributed by atoms with Gasteiger partial charge in [0.05, 0.1) is 0 Å². The van der Waals surface area contributed by atoms with Crippen molar-refractivity contribution in [3.63, 3.8) is 0 Å². The Kier molecular flexibility index (Phi) is 23.1. The van der Waals surface area contributed by atoms with E-state index in [0.29, 0.717) is 31.7 Å². The highest BCUT2D eigenvalue weighted by molar-refractivity contribution is 5.76. The van der Waals surface area contributed by atoms with E-state index in [9.17, 15) is 19.2 Å². The predicted octanol–water partition coefficient (Wildman–Crippen LogP) is -1.23. The second kappa shape index (κ2) is 22.2. The Hall–Kier alpha value is -3.01. The number of nitrogens with one attached hydrogen (secondary N) is 1. The van der Waals surface area contributed by atoms with Crippen LogP contribution < -0.4 is 34.0 Å². The van der Waals surface area contributed by atoms with Crippen LogP contribution in [0, 0.1) is 11.8 Å². The van der Waals surface area contributed by atoms with Crippen LogP contribution in [-0.2, 0) is 19.2 Å². The number of aliphatic imine (C=N–C) groups is 1. The smallest absolute Gasteiger partial charge is 0.320 e. The van der Waals surface area contributed by atoms with Crippen LogP contribution in [0.5, 0.6) is 0 Å². The highest BCUT2D eigenvalue weighted by Gasteiger charge is 2.20. The molecular formula is C22H47N7O8. The van der Waals surface area contributed by atoms with Crippen molar-refractivity contribution < 1.29 is 39.6 Å². The molecular weight excluding hydrogens is 490 g/mol. The molecule has 1 saturated heterocycles. The number of nitrogens with two attached hydrogens (primary N) is 5. The molecule has 1 heterocycles. The van der Waals surface area contributed by atoms with Crippen molar-refractivity contribution in [2.45, 2.75) is 84.0 Å². The van der Waals surface area contributed by atoms with Crippen LogP contribution in [0.15, 0.2) is 4.99 Å². The van der Waals surface area contributed by atoms with Gasteiger partial charge in [0, 0.05) is 6.54 Å². The van der Waals surface area contributed by atoms with Gasteiger partial charge in [0.1, 0.15) is 24.2 Å². The molecule has 1 rings (SSSR count). The summed E-state index contributed by atoms with van der Waals surface area (Å²) in [7, 11) is 0. The molecule has 1 aliphatic rings. The summed E-state index contributed by atoms with van der Waals surface area (Å²) in [5.74, 6) is -3.17. The maximum absolute atomic E-state index is 10.2. The first-order valence-electron chi connectivity index (χ1n) is 11.9. The zero-order chi connectivity index (χ0) is 29.7. The third-order valence-corrected chi connectivity index (χ3v) is 4.69. The number of rotatable bonds is 11. The van der Waals surface area contributed by atoms with Crippen LogP contribution in [0.25, 0.3) is 0 Å². The lowest BCUT2D eigenvalue weighted by atomic mass is 10.1. The Bertz CT molecular complexity index is 683.